The molecular weight excluding hydrogens is 374 g/mol. The van der Waals surface area contributed by atoms with Crippen molar-refractivity contribution in [3.05, 3.63) is 46.1 Å². The molecule has 3 aromatic rings. The highest BCUT2D eigenvalue weighted by atomic mass is 32.1. The minimum absolute atomic E-state index is 0.00687. The lowest BCUT2D eigenvalue weighted by Crippen LogP contribution is -3.15. The molecule has 1 atom stereocenters. The van der Waals surface area contributed by atoms with E-state index in [-0.39, 0.29) is 17.8 Å². The largest absolute Gasteiger partial charge is 0.492 e. The molecule has 28 heavy (non-hydrogen) atoms. The Morgan fingerprint density at radius 1 is 1.36 bits per heavy atom. The number of amides is 1. The van der Waals surface area contributed by atoms with Crippen molar-refractivity contribution in [3.63, 3.8) is 0 Å². The average molecular weight is 401 g/mol. The second kappa shape index (κ2) is 7.52. The molecule has 0 bridgehead atoms. The number of aromatic nitrogens is 3. The highest BCUT2D eigenvalue weighted by Crippen LogP contribution is 2.35. The Balaban J connectivity index is 1.74. The number of rotatable bonds is 4. The monoisotopic (exact) mass is 400 g/mol. The molecule has 1 saturated heterocycles. The maximum atomic E-state index is 11.7. The van der Waals surface area contributed by atoms with Crippen molar-refractivity contribution in [3.8, 4) is 5.88 Å². The fraction of sp³-hybridized carbons (Fsp3) is 0.450. The van der Waals surface area contributed by atoms with Crippen LogP contribution in [0.1, 0.15) is 41.7 Å². The smallest absolute Gasteiger partial charge is 0.235 e. The van der Waals surface area contributed by atoms with E-state index in [4.69, 9.17) is 0 Å². The van der Waals surface area contributed by atoms with Crippen LogP contribution in [0.5, 0.6) is 5.88 Å². The van der Waals surface area contributed by atoms with Crippen molar-refractivity contribution in [2.45, 2.75) is 33.2 Å². The lowest BCUT2D eigenvalue weighted by molar-refractivity contribution is -0.929. The van der Waals surface area contributed by atoms with Gasteiger partial charge in [-0.05, 0) is 13.0 Å². The number of fused-ring (bicyclic) bond motifs is 1. The molecule has 0 aliphatic carbocycles. The zero-order valence-corrected chi connectivity index (χ0v) is 17.3. The summed E-state index contributed by atoms with van der Waals surface area (Å²) >= 11 is 1.51. The molecule has 1 amide bonds. The molecule has 1 aliphatic heterocycles. The van der Waals surface area contributed by atoms with Gasteiger partial charge in [0.2, 0.25) is 16.7 Å². The molecule has 4 rings (SSSR count). The van der Waals surface area contributed by atoms with Crippen LogP contribution in [0, 0.1) is 6.92 Å². The predicted octanol–water partition coefficient (Wildman–Crippen LogP) is 1.20. The first-order chi connectivity index (χ1) is 13.5. The molecular formula is C20H26N5O2S+. The van der Waals surface area contributed by atoms with Crippen LogP contribution in [-0.4, -0.2) is 56.7 Å². The number of aryl methyl sites for hydroxylation is 2. The number of carbonyl (C=O) groups is 1. The third-order valence-electron chi connectivity index (χ3n) is 5.46. The van der Waals surface area contributed by atoms with Crippen LogP contribution in [-0.2, 0) is 11.2 Å². The van der Waals surface area contributed by atoms with E-state index in [1.165, 1.54) is 27.4 Å². The zero-order valence-electron chi connectivity index (χ0n) is 16.5. The maximum Gasteiger partial charge on any atom is 0.235 e. The van der Waals surface area contributed by atoms with Gasteiger partial charge in [0.05, 0.1) is 26.2 Å². The zero-order chi connectivity index (χ0) is 19.8. The van der Waals surface area contributed by atoms with Crippen molar-refractivity contribution in [1.29, 1.82) is 0 Å². The van der Waals surface area contributed by atoms with Gasteiger partial charge in [0.1, 0.15) is 4.88 Å². The number of nitrogens with one attached hydrogen (secondary N) is 1. The van der Waals surface area contributed by atoms with Crippen LogP contribution in [0.2, 0.25) is 0 Å². The van der Waals surface area contributed by atoms with Gasteiger partial charge < -0.3 is 14.9 Å². The number of benzene rings is 1. The lowest BCUT2D eigenvalue weighted by Gasteiger charge is -2.36. The average Bonchev–Trinajstić information content (AvgIpc) is 3.22. The highest BCUT2D eigenvalue weighted by molar-refractivity contribution is 7.17. The molecule has 1 fully saturated rings. The molecule has 3 heterocycles. The van der Waals surface area contributed by atoms with Gasteiger partial charge in [-0.3, -0.25) is 4.79 Å². The number of carbonyl (C=O) groups excluding carboxylic acids is 1. The minimum atomic E-state index is -0.00687. The highest BCUT2D eigenvalue weighted by Gasteiger charge is 2.35. The summed E-state index contributed by atoms with van der Waals surface area (Å²) in [6.45, 7) is 8.85. The summed E-state index contributed by atoms with van der Waals surface area (Å²) in [6, 6.07) is 8.44. The Morgan fingerprint density at radius 3 is 2.71 bits per heavy atom. The number of piperazine rings is 1. The molecule has 2 aromatic heterocycles. The topological polar surface area (TPSA) is 75.2 Å². The lowest BCUT2D eigenvalue weighted by atomic mass is 10.0. The van der Waals surface area contributed by atoms with E-state index in [1.54, 1.807) is 11.4 Å². The standard InChI is InChI=1S/C20H25N5O2S/c1-4-16-21-20-25(22-16)19(27)18(28-20)17(15-7-5-6-13(2)12-15)24-10-8-23(9-11-24)14(3)26/h5-7,12,17,27H,4,8-11H2,1-3H3/p+1/t17-/m0/s1. The van der Waals surface area contributed by atoms with E-state index >= 15 is 0 Å². The van der Waals surface area contributed by atoms with Gasteiger partial charge in [-0.15, -0.1) is 5.10 Å². The summed E-state index contributed by atoms with van der Waals surface area (Å²) < 4.78 is 1.56. The van der Waals surface area contributed by atoms with Gasteiger partial charge in [-0.2, -0.15) is 4.52 Å². The van der Waals surface area contributed by atoms with E-state index in [1.807, 2.05) is 11.8 Å². The first-order valence-electron chi connectivity index (χ1n) is 9.72. The van der Waals surface area contributed by atoms with Gasteiger partial charge in [-0.25, -0.2) is 4.98 Å². The Bertz CT molecular complexity index is 1000. The first-order valence-corrected chi connectivity index (χ1v) is 10.5. The van der Waals surface area contributed by atoms with Crippen molar-refractivity contribution < 1.29 is 14.8 Å². The van der Waals surface area contributed by atoms with Gasteiger partial charge >= 0.3 is 0 Å². The normalized spacial score (nSPS) is 16.6. The SMILES string of the molecule is CCc1nc2sc([C@H](c3cccc(C)c3)[NH+]3CCN(C(C)=O)CC3)c(O)n2n1. The van der Waals surface area contributed by atoms with Crippen molar-refractivity contribution in [2.24, 2.45) is 0 Å². The van der Waals surface area contributed by atoms with Crippen molar-refractivity contribution in [1.82, 2.24) is 19.5 Å². The van der Waals surface area contributed by atoms with E-state index in [9.17, 15) is 9.90 Å². The molecule has 0 unspecified atom stereocenters. The Morgan fingerprint density at radius 2 is 2.11 bits per heavy atom. The third-order valence-corrected chi connectivity index (χ3v) is 6.54. The molecule has 0 spiro atoms. The van der Waals surface area contributed by atoms with Crippen LogP contribution in [0.15, 0.2) is 24.3 Å². The number of hydrogen-bond donors (Lipinski definition) is 2. The maximum absolute atomic E-state index is 11.7. The van der Waals surface area contributed by atoms with Crippen molar-refractivity contribution in [2.75, 3.05) is 26.2 Å². The van der Waals surface area contributed by atoms with Crippen molar-refractivity contribution >= 4 is 22.2 Å². The Labute approximate surface area is 168 Å². The van der Waals surface area contributed by atoms with Gasteiger partial charge in [0.15, 0.2) is 11.9 Å². The number of nitrogens with zero attached hydrogens (tertiary/aromatic N) is 4. The molecule has 2 N–H and O–H groups in total. The fourth-order valence-corrected chi connectivity index (χ4v) is 5.11. The summed E-state index contributed by atoms with van der Waals surface area (Å²) in [4.78, 5) is 21.1. The summed E-state index contributed by atoms with van der Waals surface area (Å²) in [5.41, 5.74) is 2.36. The third kappa shape index (κ3) is 3.38. The number of quaternary nitrogens is 1. The van der Waals surface area contributed by atoms with Gasteiger partial charge in [0, 0.05) is 18.9 Å². The van der Waals surface area contributed by atoms with Crippen LogP contribution in [0.4, 0.5) is 0 Å². The first kappa shape index (κ1) is 18.9. The van der Waals surface area contributed by atoms with E-state index in [0.717, 1.165) is 48.3 Å². The van der Waals surface area contributed by atoms with Crippen LogP contribution < -0.4 is 4.90 Å². The molecule has 0 saturated carbocycles. The van der Waals surface area contributed by atoms with E-state index in [2.05, 4.69) is 41.3 Å². The summed E-state index contributed by atoms with van der Waals surface area (Å²) in [7, 11) is 0. The van der Waals surface area contributed by atoms with E-state index < -0.39 is 0 Å². The fourth-order valence-electron chi connectivity index (χ4n) is 3.95. The number of aromatic hydroxyl groups is 1. The van der Waals surface area contributed by atoms with Gasteiger partial charge in [-0.1, -0.05) is 42.0 Å². The molecule has 0 radical (unpaired) electrons. The minimum Gasteiger partial charge on any atom is -0.492 e. The second-order valence-electron chi connectivity index (χ2n) is 7.38. The number of thiazole rings is 1. The quantitative estimate of drug-likeness (QED) is 0.690. The molecule has 7 nitrogen and oxygen atoms in total. The van der Waals surface area contributed by atoms with Gasteiger partial charge in [0.25, 0.3) is 0 Å². The second-order valence-corrected chi connectivity index (χ2v) is 8.39. The Kier molecular flexibility index (Phi) is 5.07. The molecule has 1 aliphatic rings. The van der Waals surface area contributed by atoms with Crippen LogP contribution >= 0.6 is 11.3 Å². The number of hydrogen-bond acceptors (Lipinski definition) is 5. The molecule has 1 aromatic carbocycles. The molecule has 148 valence electrons. The van der Waals surface area contributed by atoms with Crippen LogP contribution in [0.25, 0.3) is 4.96 Å². The summed E-state index contributed by atoms with van der Waals surface area (Å²) in [5, 5.41) is 15.4. The predicted molar refractivity (Wildman–Crippen MR) is 108 cm³/mol. The van der Waals surface area contributed by atoms with E-state index in [0.29, 0.717) is 0 Å². The summed E-state index contributed by atoms with van der Waals surface area (Å²) in [5.74, 6) is 1.04. The van der Waals surface area contributed by atoms with Crippen LogP contribution in [0.3, 0.4) is 0 Å². The Hall–Kier alpha value is -2.45. The molecule has 8 heteroatoms. The summed E-state index contributed by atoms with van der Waals surface area (Å²) in [6.07, 6.45) is 0.739.